The Morgan fingerprint density at radius 1 is 0.444 bits per heavy atom. The molecule has 1 nitrogen and oxygen atoms in total. The van der Waals surface area contributed by atoms with Gasteiger partial charge in [-0.15, -0.1) is 29.3 Å². The molecule has 0 saturated carbocycles. The molecular weight excluding hydrogens is 831 g/mol. The maximum Gasteiger partial charge on any atom is 0.0239 e. The van der Waals surface area contributed by atoms with E-state index < -0.39 is 0 Å². The normalized spacial score (nSPS) is 11.2. The zero-order chi connectivity index (χ0) is 36.4. The van der Waals surface area contributed by atoms with E-state index in [1.807, 2.05) is 6.20 Å². The van der Waals surface area contributed by atoms with Crippen LogP contribution in [0.25, 0.3) is 66.9 Å². The quantitative estimate of drug-likeness (QED) is 0.139. The van der Waals surface area contributed by atoms with Gasteiger partial charge in [-0.05, 0) is 91.5 Å². The van der Waals surface area contributed by atoms with Gasteiger partial charge in [-0.1, -0.05) is 178 Å². The Morgan fingerprint density at radius 3 is 1.63 bits per heavy atom. The van der Waals surface area contributed by atoms with Crippen molar-refractivity contribution in [1.82, 2.24) is 4.98 Å². The Labute approximate surface area is 333 Å². The Bertz CT molecular complexity index is 2520. The van der Waals surface area contributed by atoms with Gasteiger partial charge in [0, 0.05) is 31.7 Å². The van der Waals surface area contributed by atoms with Gasteiger partial charge in [0.25, 0.3) is 0 Å². The molecule has 0 amide bonds. The molecule has 0 fully saturated rings. The Morgan fingerprint density at radius 2 is 0.963 bits per heavy atom. The van der Waals surface area contributed by atoms with E-state index in [-0.39, 0.29) is 25.5 Å². The van der Waals surface area contributed by atoms with Crippen LogP contribution < -0.4 is 0 Å². The molecule has 1 radical (unpaired) electrons. The van der Waals surface area contributed by atoms with Crippen molar-refractivity contribution >= 4 is 0 Å². The molecule has 8 aromatic rings. The van der Waals surface area contributed by atoms with E-state index in [1.165, 1.54) is 66.8 Å². The molecule has 0 N–H and O–H groups in total. The molecule has 0 saturated heterocycles. The summed E-state index contributed by atoms with van der Waals surface area (Å²) in [6, 6.07) is 66.6. The minimum Gasteiger partial charge on any atom is -0.304 e. The van der Waals surface area contributed by atoms with Gasteiger partial charge in [0.1, 0.15) is 0 Å². The molecule has 0 spiro atoms. The molecule has 8 rings (SSSR count). The van der Waals surface area contributed by atoms with E-state index in [0.29, 0.717) is 0 Å². The van der Waals surface area contributed by atoms with Crippen LogP contribution in [-0.4, -0.2) is 4.98 Å². The molecule has 1 aromatic heterocycles. The molecule has 7 aromatic carbocycles. The third-order valence-electron chi connectivity index (χ3n) is 10.7. The summed E-state index contributed by atoms with van der Waals surface area (Å²) in [6.07, 6.45) is 1.99. The maximum absolute atomic E-state index is 4.95. The number of hydrogen-bond acceptors (Lipinski definition) is 1. The van der Waals surface area contributed by atoms with Gasteiger partial charge in [-0.2, -0.15) is 0 Å². The summed E-state index contributed by atoms with van der Waals surface area (Å²) in [6.45, 7) is 8.97. The number of hydrogen-bond donors (Lipinski definition) is 0. The van der Waals surface area contributed by atoms with Gasteiger partial charge in [-0.3, -0.25) is 0 Å². The van der Waals surface area contributed by atoms with Crippen molar-refractivity contribution in [3.8, 4) is 66.9 Å². The average Bonchev–Trinajstić information content (AvgIpc) is 3.22. The van der Waals surface area contributed by atoms with Crippen molar-refractivity contribution in [3.05, 3.63) is 210 Å². The van der Waals surface area contributed by atoms with Crippen molar-refractivity contribution in [2.45, 2.75) is 33.1 Å². The van der Waals surface area contributed by atoms with Crippen molar-refractivity contribution in [2.75, 3.05) is 0 Å². The summed E-state index contributed by atoms with van der Waals surface area (Å²) in [5, 5.41) is 0. The van der Waals surface area contributed by atoms with E-state index in [1.54, 1.807) is 0 Å². The number of benzene rings is 7. The summed E-state index contributed by atoms with van der Waals surface area (Å²) < 4.78 is 0. The zero-order valence-corrected chi connectivity index (χ0v) is 33.5. The first-order valence-corrected chi connectivity index (χ1v) is 18.4. The number of aryl methyl sites for hydroxylation is 1. The van der Waals surface area contributed by atoms with E-state index in [2.05, 4.69) is 210 Å². The first-order chi connectivity index (χ1) is 25.8. The second-order valence-corrected chi connectivity index (χ2v) is 14.4. The van der Waals surface area contributed by atoms with E-state index in [4.69, 9.17) is 4.98 Å². The fraction of sp³-hybridized carbons (Fsp3) is 0.0962. The summed E-state index contributed by atoms with van der Waals surface area (Å²) in [5.74, 6) is 0. The number of rotatable bonds is 8. The molecule has 0 aliphatic carbocycles. The Hall–Kier alpha value is -5.66. The molecule has 0 aliphatic rings. The van der Waals surface area contributed by atoms with Crippen LogP contribution >= 0.6 is 0 Å². The fourth-order valence-electron chi connectivity index (χ4n) is 7.44. The van der Waals surface area contributed by atoms with Gasteiger partial charge >= 0.3 is 0 Å². The number of aromatic nitrogens is 1. The van der Waals surface area contributed by atoms with Crippen LogP contribution in [0.15, 0.2) is 182 Å². The van der Waals surface area contributed by atoms with Crippen LogP contribution in [-0.2, 0) is 25.5 Å². The monoisotopic (exact) mass is 873 g/mol. The van der Waals surface area contributed by atoms with Crippen LogP contribution in [0.4, 0.5) is 0 Å². The molecule has 2 heteroatoms. The largest absolute Gasteiger partial charge is 0.304 e. The average molecular weight is 873 g/mol. The molecule has 0 atom stereocenters. The number of nitrogens with zero attached hydrogens (tertiary/aromatic N) is 1. The molecular formula is C52H42IrN-. The topological polar surface area (TPSA) is 12.9 Å². The molecule has 0 aliphatic heterocycles. The van der Waals surface area contributed by atoms with Gasteiger partial charge in [0.05, 0.1) is 0 Å². The molecule has 54 heavy (non-hydrogen) atoms. The maximum atomic E-state index is 4.95. The minimum atomic E-state index is -0.0665. The van der Waals surface area contributed by atoms with Crippen molar-refractivity contribution in [3.63, 3.8) is 0 Å². The molecule has 265 valence electrons. The fourth-order valence-corrected chi connectivity index (χ4v) is 7.44. The van der Waals surface area contributed by atoms with E-state index >= 15 is 0 Å². The van der Waals surface area contributed by atoms with Crippen LogP contribution in [0.5, 0.6) is 0 Å². The van der Waals surface area contributed by atoms with Crippen molar-refractivity contribution in [2.24, 2.45) is 0 Å². The van der Waals surface area contributed by atoms with Gasteiger partial charge in [0.2, 0.25) is 0 Å². The van der Waals surface area contributed by atoms with Crippen molar-refractivity contribution < 1.29 is 20.1 Å². The SMILES string of the molecule is Cc1c[c-]c(-c2ccc(-c3cccc(-c4ccc(C(C)(C)c5ccccc5)cc4)c3)cn2)cc1-c1cccc(-c2cccc(-c3ccccc3)c2)c1C.[Ir]. The first-order valence-electron chi connectivity index (χ1n) is 18.4. The predicted molar refractivity (Wildman–Crippen MR) is 224 cm³/mol. The summed E-state index contributed by atoms with van der Waals surface area (Å²) >= 11 is 0. The summed E-state index contributed by atoms with van der Waals surface area (Å²) in [4.78, 5) is 4.95. The van der Waals surface area contributed by atoms with E-state index in [9.17, 15) is 0 Å². The van der Waals surface area contributed by atoms with Gasteiger partial charge in [-0.25, -0.2) is 0 Å². The second-order valence-electron chi connectivity index (χ2n) is 14.4. The van der Waals surface area contributed by atoms with Gasteiger partial charge in [0.15, 0.2) is 0 Å². The molecule has 1 heterocycles. The summed E-state index contributed by atoms with van der Waals surface area (Å²) in [7, 11) is 0. The van der Waals surface area contributed by atoms with Crippen molar-refractivity contribution in [1.29, 1.82) is 0 Å². The second kappa shape index (κ2) is 15.7. The Kier molecular flexibility index (Phi) is 10.7. The predicted octanol–water partition coefficient (Wildman–Crippen LogP) is 13.8. The van der Waals surface area contributed by atoms with Crippen LogP contribution in [0.1, 0.15) is 36.1 Å². The zero-order valence-electron chi connectivity index (χ0n) is 31.1. The van der Waals surface area contributed by atoms with Crippen LogP contribution in [0.3, 0.4) is 0 Å². The van der Waals surface area contributed by atoms with Crippen LogP contribution in [0, 0.1) is 19.9 Å². The third kappa shape index (κ3) is 7.42. The standard InChI is InChI=1S/C52H42N.Ir/c1-36-24-25-44(34-50(36)49-23-13-22-48(37(49)2)43-19-12-17-41(33-43)38-14-7-5-8-15-38)51-31-28-45(35-53-51)42-18-11-16-40(32-42)39-26-29-47(30-27-39)52(3,4)46-20-9-6-10-21-46;/h5-24,26-35H,1-4H3;/q-1;. The molecule has 0 unspecified atom stereocenters. The van der Waals surface area contributed by atoms with E-state index in [0.717, 1.165) is 22.4 Å². The van der Waals surface area contributed by atoms with Crippen LogP contribution in [0.2, 0.25) is 0 Å². The summed E-state index contributed by atoms with van der Waals surface area (Å²) in [5.41, 5.74) is 18.9. The Balaban J connectivity index is 0.00000450. The smallest absolute Gasteiger partial charge is 0.0239 e. The third-order valence-corrected chi connectivity index (χ3v) is 10.7. The molecule has 0 bridgehead atoms. The van der Waals surface area contributed by atoms with Gasteiger partial charge < -0.3 is 4.98 Å². The first kappa shape index (κ1) is 36.7. The minimum absolute atomic E-state index is 0. The number of pyridine rings is 1.